The van der Waals surface area contributed by atoms with E-state index in [2.05, 4.69) is 15.9 Å². The highest BCUT2D eigenvalue weighted by Gasteiger charge is 2.37. The van der Waals surface area contributed by atoms with Crippen molar-refractivity contribution < 1.29 is 14.0 Å². The van der Waals surface area contributed by atoms with Crippen molar-refractivity contribution in [3.05, 3.63) is 34.1 Å². The smallest absolute Gasteiger partial charge is 0.255 e. The number of nitrogens with zero attached hydrogens (tertiary/aromatic N) is 2. The molecule has 0 N–H and O–H groups in total. The van der Waals surface area contributed by atoms with E-state index in [1.165, 1.54) is 18.2 Å². The first-order valence-electron chi connectivity index (χ1n) is 6.60. The number of rotatable bonds is 1. The third-order valence-corrected chi connectivity index (χ3v) is 4.63. The number of piperazine rings is 1. The van der Waals surface area contributed by atoms with Crippen LogP contribution < -0.4 is 0 Å². The average molecular weight is 341 g/mol. The molecule has 2 fully saturated rings. The fourth-order valence-corrected chi connectivity index (χ4v) is 3.30. The molecule has 106 valence electrons. The Balaban J connectivity index is 1.78. The van der Waals surface area contributed by atoms with Crippen molar-refractivity contribution in [2.75, 3.05) is 19.6 Å². The van der Waals surface area contributed by atoms with E-state index in [0.717, 1.165) is 6.42 Å². The maximum Gasteiger partial charge on any atom is 0.255 e. The number of hydrogen-bond donors (Lipinski definition) is 0. The Labute approximate surface area is 124 Å². The Morgan fingerprint density at radius 3 is 2.95 bits per heavy atom. The van der Waals surface area contributed by atoms with Crippen molar-refractivity contribution in [3.8, 4) is 0 Å². The normalized spacial score (nSPS) is 22.1. The van der Waals surface area contributed by atoms with Crippen molar-refractivity contribution in [3.63, 3.8) is 0 Å². The van der Waals surface area contributed by atoms with E-state index >= 15 is 0 Å². The van der Waals surface area contributed by atoms with E-state index in [1.54, 1.807) is 4.90 Å². The SMILES string of the molecule is O=C(c1cc(F)ccc1Br)N1CCN2C(=O)CCC2C1. The van der Waals surface area contributed by atoms with Crippen LogP contribution in [0.3, 0.4) is 0 Å². The van der Waals surface area contributed by atoms with Gasteiger partial charge in [-0.2, -0.15) is 0 Å². The van der Waals surface area contributed by atoms with Gasteiger partial charge in [-0.25, -0.2) is 4.39 Å². The van der Waals surface area contributed by atoms with Gasteiger partial charge in [0.15, 0.2) is 0 Å². The second kappa shape index (κ2) is 5.16. The molecule has 20 heavy (non-hydrogen) atoms. The molecule has 1 aromatic rings. The molecule has 0 aromatic heterocycles. The van der Waals surface area contributed by atoms with E-state index in [1.807, 2.05) is 4.90 Å². The summed E-state index contributed by atoms with van der Waals surface area (Å²) in [6, 6.07) is 4.22. The summed E-state index contributed by atoms with van der Waals surface area (Å²) in [5, 5.41) is 0. The van der Waals surface area contributed by atoms with Gasteiger partial charge in [0, 0.05) is 36.6 Å². The van der Waals surface area contributed by atoms with Crippen molar-refractivity contribution in [2.45, 2.75) is 18.9 Å². The highest BCUT2D eigenvalue weighted by Crippen LogP contribution is 2.25. The molecule has 2 heterocycles. The minimum absolute atomic E-state index is 0.118. The largest absolute Gasteiger partial charge is 0.336 e. The number of carbonyl (C=O) groups is 2. The number of amides is 2. The minimum atomic E-state index is -0.425. The van der Waals surface area contributed by atoms with Gasteiger partial charge in [-0.15, -0.1) is 0 Å². The van der Waals surface area contributed by atoms with Gasteiger partial charge in [0.25, 0.3) is 5.91 Å². The predicted molar refractivity (Wildman–Crippen MR) is 74.7 cm³/mol. The van der Waals surface area contributed by atoms with Gasteiger partial charge in [-0.3, -0.25) is 9.59 Å². The number of halogens is 2. The molecule has 0 bridgehead atoms. The summed E-state index contributed by atoms with van der Waals surface area (Å²) in [6.45, 7) is 1.61. The molecule has 2 saturated heterocycles. The molecule has 1 unspecified atom stereocenters. The van der Waals surface area contributed by atoms with Crippen LogP contribution in [0.5, 0.6) is 0 Å². The van der Waals surface area contributed by atoms with E-state index in [-0.39, 0.29) is 17.9 Å². The standard InChI is InChI=1S/C14H14BrFN2O2/c15-12-3-1-9(16)7-11(12)14(20)17-5-6-18-10(8-17)2-4-13(18)19/h1,3,7,10H,2,4-6,8H2. The number of carbonyl (C=O) groups excluding carboxylic acids is 2. The Hall–Kier alpha value is -1.43. The van der Waals surface area contributed by atoms with Crippen LogP contribution >= 0.6 is 15.9 Å². The molecule has 2 aliphatic heterocycles. The maximum atomic E-state index is 13.3. The van der Waals surface area contributed by atoms with E-state index in [4.69, 9.17) is 0 Å². The highest BCUT2D eigenvalue weighted by atomic mass is 79.9. The summed E-state index contributed by atoms with van der Waals surface area (Å²) in [6.07, 6.45) is 1.36. The first-order chi connectivity index (χ1) is 9.56. The lowest BCUT2D eigenvalue weighted by molar-refractivity contribution is -0.130. The van der Waals surface area contributed by atoms with Crippen LogP contribution in [0, 0.1) is 5.82 Å². The van der Waals surface area contributed by atoms with Crippen molar-refractivity contribution >= 4 is 27.7 Å². The van der Waals surface area contributed by atoms with Gasteiger partial charge in [-0.1, -0.05) is 0 Å². The maximum absolute atomic E-state index is 13.3. The fraction of sp³-hybridized carbons (Fsp3) is 0.429. The number of hydrogen-bond acceptors (Lipinski definition) is 2. The van der Waals surface area contributed by atoms with E-state index in [0.29, 0.717) is 36.1 Å². The molecule has 6 heteroatoms. The number of benzene rings is 1. The van der Waals surface area contributed by atoms with Crippen LogP contribution in [-0.2, 0) is 4.79 Å². The lowest BCUT2D eigenvalue weighted by Crippen LogP contribution is -2.53. The van der Waals surface area contributed by atoms with E-state index < -0.39 is 5.82 Å². The van der Waals surface area contributed by atoms with Crippen molar-refractivity contribution in [1.82, 2.24) is 9.80 Å². The Morgan fingerprint density at radius 2 is 2.15 bits per heavy atom. The Kier molecular flexibility index (Phi) is 3.50. The zero-order valence-electron chi connectivity index (χ0n) is 10.8. The first kappa shape index (κ1) is 13.5. The summed E-state index contributed by atoms with van der Waals surface area (Å²) in [5.41, 5.74) is 0.336. The van der Waals surface area contributed by atoms with Gasteiger partial charge in [0.1, 0.15) is 5.82 Å². The summed E-state index contributed by atoms with van der Waals surface area (Å²) < 4.78 is 13.9. The van der Waals surface area contributed by atoms with Gasteiger partial charge in [0.2, 0.25) is 5.91 Å². The minimum Gasteiger partial charge on any atom is -0.336 e. The number of fused-ring (bicyclic) bond motifs is 1. The Bertz CT molecular complexity index is 578. The summed E-state index contributed by atoms with van der Waals surface area (Å²) in [7, 11) is 0. The van der Waals surface area contributed by atoms with Gasteiger partial charge in [0.05, 0.1) is 5.56 Å². The van der Waals surface area contributed by atoms with E-state index in [9.17, 15) is 14.0 Å². The Morgan fingerprint density at radius 1 is 1.35 bits per heavy atom. The second-order valence-electron chi connectivity index (χ2n) is 5.15. The zero-order chi connectivity index (χ0) is 14.3. The molecular formula is C14H14BrFN2O2. The van der Waals surface area contributed by atoms with Gasteiger partial charge in [-0.05, 0) is 40.5 Å². The zero-order valence-corrected chi connectivity index (χ0v) is 12.4. The van der Waals surface area contributed by atoms with Crippen LogP contribution in [0.25, 0.3) is 0 Å². The van der Waals surface area contributed by atoms with Gasteiger partial charge >= 0.3 is 0 Å². The molecule has 2 amide bonds. The first-order valence-corrected chi connectivity index (χ1v) is 7.39. The van der Waals surface area contributed by atoms with Crippen molar-refractivity contribution in [1.29, 1.82) is 0 Å². The molecule has 3 rings (SSSR count). The predicted octanol–water partition coefficient (Wildman–Crippen LogP) is 2.04. The average Bonchev–Trinajstić information content (AvgIpc) is 2.82. The van der Waals surface area contributed by atoms with Crippen LogP contribution in [0.1, 0.15) is 23.2 Å². The summed E-state index contributed by atoms with van der Waals surface area (Å²) in [4.78, 5) is 27.6. The highest BCUT2D eigenvalue weighted by molar-refractivity contribution is 9.10. The quantitative estimate of drug-likeness (QED) is 0.784. The molecule has 2 aliphatic rings. The molecule has 0 saturated carbocycles. The topological polar surface area (TPSA) is 40.6 Å². The molecule has 0 radical (unpaired) electrons. The lowest BCUT2D eigenvalue weighted by Gasteiger charge is -2.37. The van der Waals surface area contributed by atoms with Crippen molar-refractivity contribution in [2.24, 2.45) is 0 Å². The van der Waals surface area contributed by atoms with Gasteiger partial charge < -0.3 is 9.80 Å². The summed E-state index contributed by atoms with van der Waals surface area (Å²) >= 11 is 3.28. The molecule has 1 aromatic carbocycles. The second-order valence-corrected chi connectivity index (χ2v) is 6.01. The van der Waals surface area contributed by atoms with Crippen LogP contribution in [0.2, 0.25) is 0 Å². The molecule has 4 nitrogen and oxygen atoms in total. The molecule has 1 atom stereocenters. The third-order valence-electron chi connectivity index (χ3n) is 3.94. The lowest BCUT2D eigenvalue weighted by atomic mass is 10.1. The molecular weight excluding hydrogens is 327 g/mol. The molecule has 0 aliphatic carbocycles. The van der Waals surface area contributed by atoms with Crippen LogP contribution in [0.4, 0.5) is 4.39 Å². The molecule has 0 spiro atoms. The van der Waals surface area contributed by atoms with Crippen LogP contribution in [-0.4, -0.2) is 47.3 Å². The summed E-state index contributed by atoms with van der Waals surface area (Å²) in [5.74, 6) is -0.435. The monoisotopic (exact) mass is 340 g/mol. The van der Waals surface area contributed by atoms with Crippen LogP contribution in [0.15, 0.2) is 22.7 Å². The fourth-order valence-electron chi connectivity index (χ4n) is 2.88. The third kappa shape index (κ3) is 2.32.